The molecular weight excluding hydrogens is 257 g/mol. The highest BCUT2D eigenvalue weighted by Gasteiger charge is 2.06. The van der Waals surface area contributed by atoms with Gasteiger partial charge in [0.15, 0.2) is 0 Å². The van der Waals surface area contributed by atoms with Crippen molar-refractivity contribution in [2.75, 3.05) is 0 Å². The topological polar surface area (TPSA) is 42.4 Å². The maximum atomic E-state index is 12.8. The lowest BCUT2D eigenvalue weighted by Crippen LogP contribution is -1.94. The average Bonchev–Trinajstić information content (AvgIpc) is 2.33. The Morgan fingerprint density at radius 2 is 2.11 bits per heavy atom. The van der Waals surface area contributed by atoms with Crippen LogP contribution in [0.4, 0.5) is 4.39 Å². The summed E-state index contributed by atoms with van der Waals surface area (Å²) in [5.74, 6) is 0.230. The number of aromatic nitrogens is 1. The molecule has 3 nitrogen and oxygen atoms in total. The monoisotopic (exact) mass is 267 g/mol. The summed E-state index contributed by atoms with van der Waals surface area (Å²) in [6, 6.07) is 7.17. The normalized spacial score (nSPS) is 12.2. The van der Waals surface area contributed by atoms with Crippen molar-refractivity contribution in [1.82, 2.24) is 4.98 Å². The Hall–Kier alpha value is -1.65. The third-order valence-corrected chi connectivity index (χ3v) is 2.65. The molecule has 5 heteroatoms. The van der Waals surface area contributed by atoms with Crippen molar-refractivity contribution in [2.24, 2.45) is 0 Å². The molecule has 0 saturated carbocycles. The van der Waals surface area contributed by atoms with Gasteiger partial charge in [-0.2, -0.15) is 0 Å². The molecular formula is C13H11ClFNO2. The van der Waals surface area contributed by atoms with Crippen molar-refractivity contribution < 1.29 is 14.2 Å². The van der Waals surface area contributed by atoms with Gasteiger partial charge in [-0.25, -0.2) is 9.37 Å². The van der Waals surface area contributed by atoms with Crippen LogP contribution in [0.2, 0.25) is 5.02 Å². The largest absolute Gasteiger partial charge is 0.437 e. The fourth-order valence-electron chi connectivity index (χ4n) is 1.37. The standard InChI is InChI=1S/C13H11ClFNO2/c1-8(17)9-2-5-13(16-7-9)18-12-4-3-10(15)6-11(12)14/h2-8,17H,1H3/t8-/m1/s1. The molecule has 2 aromatic rings. The molecule has 0 aliphatic rings. The lowest BCUT2D eigenvalue weighted by Gasteiger charge is -2.08. The summed E-state index contributed by atoms with van der Waals surface area (Å²) < 4.78 is 18.3. The lowest BCUT2D eigenvalue weighted by molar-refractivity contribution is 0.198. The number of aliphatic hydroxyl groups is 1. The molecule has 2 rings (SSSR count). The third kappa shape index (κ3) is 2.97. The fourth-order valence-corrected chi connectivity index (χ4v) is 1.58. The van der Waals surface area contributed by atoms with E-state index in [9.17, 15) is 9.50 Å². The molecule has 1 aromatic carbocycles. The summed E-state index contributed by atoms with van der Waals surface area (Å²) in [4.78, 5) is 4.02. The van der Waals surface area contributed by atoms with E-state index in [0.717, 1.165) is 0 Å². The molecule has 1 aromatic heterocycles. The van der Waals surface area contributed by atoms with Crippen LogP contribution in [0.1, 0.15) is 18.6 Å². The zero-order valence-corrected chi connectivity index (χ0v) is 10.4. The van der Waals surface area contributed by atoms with Gasteiger partial charge in [0.2, 0.25) is 5.88 Å². The number of rotatable bonds is 3. The second-order valence-corrected chi connectivity index (χ2v) is 4.19. The molecule has 1 atom stereocenters. The first-order valence-corrected chi connectivity index (χ1v) is 5.71. The molecule has 1 N–H and O–H groups in total. The molecule has 94 valence electrons. The van der Waals surface area contributed by atoms with E-state index in [1.54, 1.807) is 19.1 Å². The summed E-state index contributed by atoms with van der Waals surface area (Å²) in [7, 11) is 0. The number of ether oxygens (including phenoxy) is 1. The van der Waals surface area contributed by atoms with Crippen LogP contribution >= 0.6 is 11.6 Å². The van der Waals surface area contributed by atoms with Gasteiger partial charge in [0.05, 0.1) is 11.1 Å². The SMILES string of the molecule is C[C@@H](O)c1ccc(Oc2ccc(F)cc2Cl)nc1. The van der Waals surface area contributed by atoms with Crippen molar-refractivity contribution in [1.29, 1.82) is 0 Å². The summed E-state index contributed by atoms with van der Waals surface area (Å²) in [6.45, 7) is 1.65. The summed E-state index contributed by atoms with van der Waals surface area (Å²) in [5.41, 5.74) is 0.688. The molecule has 0 saturated heterocycles. The Morgan fingerprint density at radius 3 is 2.67 bits per heavy atom. The average molecular weight is 268 g/mol. The van der Waals surface area contributed by atoms with Gasteiger partial charge in [-0.1, -0.05) is 11.6 Å². The quantitative estimate of drug-likeness (QED) is 0.922. The van der Waals surface area contributed by atoms with E-state index in [4.69, 9.17) is 16.3 Å². The summed E-state index contributed by atoms with van der Waals surface area (Å²) >= 11 is 5.83. The summed E-state index contributed by atoms with van der Waals surface area (Å²) in [6.07, 6.45) is 0.929. The van der Waals surface area contributed by atoms with Crippen LogP contribution in [0.3, 0.4) is 0 Å². The zero-order chi connectivity index (χ0) is 13.1. The minimum Gasteiger partial charge on any atom is -0.437 e. The van der Waals surface area contributed by atoms with Gasteiger partial charge in [0.1, 0.15) is 11.6 Å². The van der Waals surface area contributed by atoms with Crippen LogP contribution in [0.15, 0.2) is 36.5 Å². The van der Waals surface area contributed by atoms with Gasteiger partial charge < -0.3 is 9.84 Å². The molecule has 0 unspecified atom stereocenters. The number of benzene rings is 1. The Balaban J connectivity index is 2.18. The van der Waals surface area contributed by atoms with Gasteiger partial charge in [-0.05, 0) is 36.8 Å². The summed E-state index contributed by atoms with van der Waals surface area (Å²) in [5, 5.41) is 9.51. The predicted molar refractivity (Wildman–Crippen MR) is 66.4 cm³/mol. The van der Waals surface area contributed by atoms with Crippen molar-refractivity contribution in [3.05, 3.63) is 52.9 Å². The second kappa shape index (κ2) is 5.33. The molecule has 0 amide bonds. The number of hydrogen-bond donors (Lipinski definition) is 1. The highest BCUT2D eigenvalue weighted by molar-refractivity contribution is 6.32. The van der Waals surface area contributed by atoms with Gasteiger partial charge in [-0.15, -0.1) is 0 Å². The highest BCUT2D eigenvalue weighted by atomic mass is 35.5. The Morgan fingerprint density at radius 1 is 1.33 bits per heavy atom. The number of hydrogen-bond acceptors (Lipinski definition) is 3. The van der Waals surface area contributed by atoms with Crippen molar-refractivity contribution in [3.8, 4) is 11.6 Å². The highest BCUT2D eigenvalue weighted by Crippen LogP contribution is 2.29. The molecule has 0 radical (unpaired) electrons. The van der Waals surface area contributed by atoms with Crippen molar-refractivity contribution in [3.63, 3.8) is 0 Å². The molecule has 0 spiro atoms. The molecule has 0 bridgehead atoms. The van der Waals surface area contributed by atoms with Crippen molar-refractivity contribution in [2.45, 2.75) is 13.0 Å². The molecule has 0 aliphatic heterocycles. The number of halogens is 2. The number of nitrogens with zero attached hydrogens (tertiary/aromatic N) is 1. The lowest BCUT2D eigenvalue weighted by atomic mass is 10.2. The first-order chi connectivity index (χ1) is 8.56. The number of pyridine rings is 1. The smallest absolute Gasteiger partial charge is 0.219 e. The first-order valence-electron chi connectivity index (χ1n) is 5.33. The Kier molecular flexibility index (Phi) is 3.79. The predicted octanol–water partition coefficient (Wildman–Crippen LogP) is 3.72. The van der Waals surface area contributed by atoms with Crippen LogP contribution in [0.25, 0.3) is 0 Å². The minimum absolute atomic E-state index is 0.177. The first kappa shape index (κ1) is 12.8. The van der Waals surface area contributed by atoms with Gasteiger partial charge in [-0.3, -0.25) is 0 Å². The van der Waals surface area contributed by atoms with Crippen LogP contribution in [-0.4, -0.2) is 10.1 Å². The second-order valence-electron chi connectivity index (χ2n) is 3.78. The van der Waals surface area contributed by atoms with E-state index in [1.165, 1.54) is 24.4 Å². The molecule has 1 heterocycles. The van der Waals surface area contributed by atoms with Gasteiger partial charge in [0, 0.05) is 12.3 Å². The van der Waals surface area contributed by atoms with Crippen LogP contribution in [-0.2, 0) is 0 Å². The van der Waals surface area contributed by atoms with E-state index >= 15 is 0 Å². The third-order valence-electron chi connectivity index (χ3n) is 2.35. The van der Waals surface area contributed by atoms with E-state index in [0.29, 0.717) is 17.2 Å². The number of aliphatic hydroxyl groups excluding tert-OH is 1. The van der Waals surface area contributed by atoms with Gasteiger partial charge in [0.25, 0.3) is 0 Å². The van der Waals surface area contributed by atoms with Crippen LogP contribution in [0, 0.1) is 5.82 Å². The minimum atomic E-state index is -0.582. The van der Waals surface area contributed by atoms with E-state index in [2.05, 4.69) is 4.98 Å². The van der Waals surface area contributed by atoms with E-state index in [1.807, 2.05) is 0 Å². The Bertz CT molecular complexity index is 543. The molecule has 18 heavy (non-hydrogen) atoms. The van der Waals surface area contributed by atoms with E-state index < -0.39 is 11.9 Å². The maximum Gasteiger partial charge on any atom is 0.219 e. The molecule has 0 aliphatic carbocycles. The van der Waals surface area contributed by atoms with Crippen LogP contribution < -0.4 is 4.74 Å². The molecule has 0 fully saturated rings. The van der Waals surface area contributed by atoms with Gasteiger partial charge >= 0.3 is 0 Å². The Labute approximate surface area is 109 Å². The fraction of sp³-hybridized carbons (Fsp3) is 0.154. The van der Waals surface area contributed by atoms with E-state index in [-0.39, 0.29) is 5.02 Å². The van der Waals surface area contributed by atoms with Crippen LogP contribution in [0.5, 0.6) is 11.6 Å². The van der Waals surface area contributed by atoms with Crippen molar-refractivity contribution >= 4 is 11.6 Å². The maximum absolute atomic E-state index is 12.8. The zero-order valence-electron chi connectivity index (χ0n) is 9.60.